The fourth-order valence-corrected chi connectivity index (χ4v) is 4.24. The summed E-state index contributed by atoms with van der Waals surface area (Å²) in [5.41, 5.74) is 0.278. The van der Waals surface area contributed by atoms with Gasteiger partial charge in [0.2, 0.25) is 0 Å². The van der Waals surface area contributed by atoms with Crippen LogP contribution < -0.4 is 0 Å². The van der Waals surface area contributed by atoms with Gasteiger partial charge in [-0.05, 0) is 51.7 Å². The van der Waals surface area contributed by atoms with Crippen LogP contribution in [-0.2, 0) is 9.47 Å². The molecule has 0 bridgehead atoms. The zero-order valence-corrected chi connectivity index (χ0v) is 20.8. The molecule has 2 fully saturated rings. The average Bonchev–Trinajstić information content (AvgIpc) is 2.82. The molecule has 34 heavy (non-hydrogen) atoms. The monoisotopic (exact) mass is 482 g/mol. The van der Waals surface area contributed by atoms with E-state index in [-0.39, 0.29) is 12.7 Å². The first-order valence-corrected chi connectivity index (χ1v) is 12.6. The number of hydrogen-bond acceptors (Lipinski definition) is 4. The first-order chi connectivity index (χ1) is 16.2. The largest absolute Gasteiger partial charge is 0.391 e. The van der Waals surface area contributed by atoms with Crippen molar-refractivity contribution in [2.24, 2.45) is 10.2 Å². The Morgan fingerprint density at radius 2 is 1.44 bits per heavy atom. The molecule has 1 atom stereocenters. The van der Waals surface area contributed by atoms with Crippen molar-refractivity contribution < 1.29 is 22.6 Å². The second-order valence-electron chi connectivity index (χ2n) is 9.92. The van der Waals surface area contributed by atoms with Crippen LogP contribution >= 0.6 is 0 Å². The summed E-state index contributed by atoms with van der Waals surface area (Å²) in [6.45, 7) is 7.98. The first kappa shape index (κ1) is 28.5. The molecule has 192 valence electrons. The van der Waals surface area contributed by atoms with Crippen LogP contribution in [0.5, 0.6) is 0 Å². The lowest BCUT2D eigenvalue weighted by atomic mass is 9.96. The van der Waals surface area contributed by atoms with Crippen molar-refractivity contribution in [2.75, 3.05) is 13.2 Å². The third-order valence-electron chi connectivity index (χ3n) is 6.04. The van der Waals surface area contributed by atoms with Crippen LogP contribution in [0.2, 0.25) is 0 Å². The maximum absolute atomic E-state index is 12.9. The molecule has 0 aliphatic heterocycles. The highest BCUT2D eigenvalue weighted by atomic mass is 19.4. The second-order valence-corrected chi connectivity index (χ2v) is 9.92. The Morgan fingerprint density at radius 3 is 1.94 bits per heavy atom. The van der Waals surface area contributed by atoms with Crippen LogP contribution in [0.1, 0.15) is 84.5 Å². The van der Waals surface area contributed by atoms with E-state index in [0.29, 0.717) is 11.8 Å². The number of halogens is 3. The van der Waals surface area contributed by atoms with Gasteiger partial charge in [-0.15, -0.1) is 0 Å². The van der Waals surface area contributed by atoms with E-state index in [0.717, 1.165) is 37.9 Å². The van der Waals surface area contributed by atoms with Gasteiger partial charge < -0.3 is 9.47 Å². The minimum atomic E-state index is -4.31. The lowest BCUT2D eigenvalue weighted by molar-refractivity contribution is -0.153. The van der Waals surface area contributed by atoms with Gasteiger partial charge in [-0.3, -0.25) is 0 Å². The van der Waals surface area contributed by atoms with Gasteiger partial charge in [-0.25, -0.2) is 0 Å². The number of nitrogens with zero attached hydrogens (tertiary/aromatic N) is 2. The first-order valence-electron chi connectivity index (χ1n) is 12.6. The zero-order valence-electron chi connectivity index (χ0n) is 20.8. The van der Waals surface area contributed by atoms with Crippen molar-refractivity contribution in [3.8, 4) is 0 Å². The van der Waals surface area contributed by atoms with Crippen molar-refractivity contribution in [2.45, 2.75) is 108 Å². The SMILES string of the molecule is C=C(C)COC1CCCCC1.CC(COC1CCCCC1)(CC(F)(F)F)N=Nc1ccccc1. The van der Waals surface area contributed by atoms with Crippen molar-refractivity contribution in [1.82, 2.24) is 0 Å². The van der Waals surface area contributed by atoms with E-state index >= 15 is 0 Å². The molecule has 0 saturated heterocycles. The van der Waals surface area contributed by atoms with Crippen molar-refractivity contribution >= 4 is 5.69 Å². The summed E-state index contributed by atoms with van der Waals surface area (Å²) >= 11 is 0. The van der Waals surface area contributed by atoms with Crippen LogP contribution in [0.25, 0.3) is 0 Å². The normalized spacial score (nSPS) is 19.9. The number of azo groups is 1. The Hall–Kier alpha value is -1.73. The zero-order chi connectivity index (χ0) is 24.9. The number of ether oxygens (including phenoxy) is 2. The third kappa shape index (κ3) is 12.7. The fraction of sp³-hybridized carbons (Fsp3) is 0.704. The van der Waals surface area contributed by atoms with E-state index in [9.17, 15) is 13.2 Å². The predicted octanol–water partition coefficient (Wildman–Crippen LogP) is 8.74. The van der Waals surface area contributed by atoms with E-state index in [1.165, 1.54) is 45.4 Å². The van der Waals surface area contributed by atoms with Crippen LogP contribution in [0, 0.1) is 0 Å². The number of hydrogen-bond donors (Lipinski definition) is 0. The maximum Gasteiger partial charge on any atom is 0.391 e. The van der Waals surface area contributed by atoms with Gasteiger partial charge in [0.05, 0.1) is 37.5 Å². The Kier molecular flexibility index (Phi) is 12.3. The van der Waals surface area contributed by atoms with E-state index in [1.54, 1.807) is 24.3 Å². The van der Waals surface area contributed by atoms with E-state index in [4.69, 9.17) is 9.47 Å². The summed E-state index contributed by atoms with van der Waals surface area (Å²) in [6.07, 6.45) is 6.99. The molecule has 0 aromatic heterocycles. The summed E-state index contributed by atoms with van der Waals surface area (Å²) in [4.78, 5) is 0. The molecule has 2 saturated carbocycles. The molecule has 3 rings (SSSR count). The Morgan fingerprint density at radius 1 is 0.912 bits per heavy atom. The fourth-order valence-electron chi connectivity index (χ4n) is 4.24. The van der Waals surface area contributed by atoms with E-state index in [2.05, 4.69) is 16.8 Å². The molecular formula is C27H41F3N2O2. The summed E-state index contributed by atoms with van der Waals surface area (Å²) in [5.74, 6) is 0. The van der Waals surface area contributed by atoms with Gasteiger partial charge in [-0.1, -0.05) is 68.9 Å². The van der Waals surface area contributed by atoms with E-state index in [1.807, 2.05) is 13.0 Å². The maximum atomic E-state index is 12.9. The molecule has 0 radical (unpaired) electrons. The molecule has 0 spiro atoms. The quantitative estimate of drug-likeness (QED) is 0.261. The molecule has 4 nitrogen and oxygen atoms in total. The van der Waals surface area contributed by atoms with Gasteiger partial charge in [0.25, 0.3) is 0 Å². The standard InChI is InChI=1S/C17H23F3N2O.C10H18O/c1-16(12-17(18,19)20,13-23-15-10-6-3-7-11-15)22-21-14-8-4-2-5-9-14;1-9(2)8-11-10-6-4-3-5-7-10/h2,4-5,8-9,15H,3,6-7,10-13H2,1H3;10H,1,3-8H2,2H3. The molecule has 0 heterocycles. The summed E-state index contributed by atoms with van der Waals surface area (Å²) in [5, 5.41) is 7.95. The molecule has 1 unspecified atom stereocenters. The topological polar surface area (TPSA) is 43.2 Å². The van der Waals surface area contributed by atoms with Gasteiger partial charge in [-0.2, -0.15) is 23.4 Å². The Labute approximate surface area is 203 Å². The van der Waals surface area contributed by atoms with Gasteiger partial charge >= 0.3 is 6.18 Å². The predicted molar refractivity (Wildman–Crippen MR) is 130 cm³/mol. The van der Waals surface area contributed by atoms with Crippen LogP contribution in [0.15, 0.2) is 52.7 Å². The lowest BCUT2D eigenvalue weighted by Gasteiger charge is -2.29. The average molecular weight is 483 g/mol. The van der Waals surface area contributed by atoms with Gasteiger partial charge in [0, 0.05) is 0 Å². The number of rotatable bonds is 9. The minimum absolute atomic E-state index is 0.0447. The summed E-state index contributed by atoms with van der Waals surface area (Å²) in [7, 11) is 0. The van der Waals surface area contributed by atoms with Gasteiger partial charge in [0.15, 0.2) is 0 Å². The van der Waals surface area contributed by atoms with Crippen LogP contribution in [-0.4, -0.2) is 37.1 Å². The molecular weight excluding hydrogens is 441 g/mol. The second kappa shape index (κ2) is 14.6. The van der Waals surface area contributed by atoms with Crippen molar-refractivity contribution in [3.05, 3.63) is 42.5 Å². The molecule has 2 aliphatic rings. The highest BCUT2D eigenvalue weighted by molar-refractivity contribution is 5.34. The third-order valence-corrected chi connectivity index (χ3v) is 6.04. The highest BCUT2D eigenvalue weighted by Crippen LogP contribution is 2.32. The number of benzene rings is 1. The molecule has 0 N–H and O–H groups in total. The highest BCUT2D eigenvalue weighted by Gasteiger charge is 2.40. The van der Waals surface area contributed by atoms with Crippen molar-refractivity contribution in [1.29, 1.82) is 0 Å². The van der Waals surface area contributed by atoms with E-state index < -0.39 is 18.1 Å². The smallest absolute Gasteiger partial charge is 0.376 e. The molecule has 0 amide bonds. The molecule has 1 aromatic rings. The molecule has 2 aliphatic carbocycles. The summed E-state index contributed by atoms with van der Waals surface area (Å²) in [6, 6.07) is 8.78. The molecule has 1 aromatic carbocycles. The number of alkyl halides is 3. The van der Waals surface area contributed by atoms with Crippen LogP contribution in [0.3, 0.4) is 0 Å². The molecule has 7 heteroatoms. The lowest BCUT2D eigenvalue weighted by Crippen LogP contribution is -2.36. The minimum Gasteiger partial charge on any atom is -0.376 e. The Bertz CT molecular complexity index is 727. The Balaban J connectivity index is 0.000000310. The van der Waals surface area contributed by atoms with Crippen molar-refractivity contribution in [3.63, 3.8) is 0 Å². The van der Waals surface area contributed by atoms with Crippen LogP contribution in [0.4, 0.5) is 18.9 Å². The summed E-state index contributed by atoms with van der Waals surface area (Å²) < 4.78 is 50.0. The van der Waals surface area contributed by atoms with Gasteiger partial charge in [0.1, 0.15) is 5.54 Å².